The summed E-state index contributed by atoms with van der Waals surface area (Å²) in [7, 11) is 2.27. The zero-order valence-corrected chi connectivity index (χ0v) is 18.3. The van der Waals surface area contributed by atoms with Crippen LogP contribution < -0.4 is 0 Å². The van der Waals surface area contributed by atoms with Crippen LogP contribution in [0.2, 0.25) is 0 Å². The average molecular weight is 405 g/mol. The summed E-state index contributed by atoms with van der Waals surface area (Å²) in [5, 5.41) is 0. The lowest BCUT2D eigenvalue weighted by Crippen LogP contribution is -2.47. The second-order valence-corrected chi connectivity index (χ2v) is 9.81. The predicted octanol–water partition coefficient (Wildman–Crippen LogP) is 5.14. The molecule has 160 valence electrons. The third-order valence-corrected chi connectivity index (χ3v) is 7.85. The summed E-state index contributed by atoms with van der Waals surface area (Å²) < 4.78 is 6.36. The lowest BCUT2D eigenvalue weighted by Gasteiger charge is -2.41. The van der Waals surface area contributed by atoms with Crippen molar-refractivity contribution in [3.05, 3.63) is 71.8 Å². The molecule has 0 bridgehead atoms. The Balaban J connectivity index is 1.30. The first kappa shape index (κ1) is 20.2. The van der Waals surface area contributed by atoms with Gasteiger partial charge in [-0.1, -0.05) is 60.7 Å². The number of ether oxygens (including phenoxy) is 1. The van der Waals surface area contributed by atoms with Crippen molar-refractivity contribution < 1.29 is 4.74 Å². The Morgan fingerprint density at radius 3 is 2.23 bits per heavy atom. The first-order valence-corrected chi connectivity index (χ1v) is 11.9. The van der Waals surface area contributed by atoms with E-state index in [0.29, 0.717) is 6.04 Å². The van der Waals surface area contributed by atoms with E-state index in [2.05, 4.69) is 77.5 Å². The van der Waals surface area contributed by atoms with E-state index in [1.54, 1.807) is 0 Å². The van der Waals surface area contributed by atoms with Crippen LogP contribution in [0.3, 0.4) is 0 Å². The van der Waals surface area contributed by atoms with Gasteiger partial charge in [0.25, 0.3) is 0 Å². The lowest BCUT2D eigenvalue weighted by molar-refractivity contribution is -0.0385. The van der Waals surface area contributed by atoms with E-state index < -0.39 is 0 Å². The molecule has 2 heterocycles. The maximum Gasteiger partial charge on any atom is 0.0827 e. The number of fused-ring (bicyclic) bond motifs is 1. The van der Waals surface area contributed by atoms with Crippen molar-refractivity contribution >= 4 is 0 Å². The largest absolute Gasteiger partial charge is 0.373 e. The van der Waals surface area contributed by atoms with Crippen LogP contribution in [0.15, 0.2) is 60.7 Å². The van der Waals surface area contributed by atoms with Crippen LogP contribution in [0.25, 0.3) is 0 Å². The Labute approximate surface area is 182 Å². The monoisotopic (exact) mass is 404 g/mol. The number of rotatable bonds is 5. The summed E-state index contributed by atoms with van der Waals surface area (Å²) >= 11 is 0. The number of likely N-dealkylation sites (tertiary alicyclic amines) is 1. The van der Waals surface area contributed by atoms with E-state index in [-0.39, 0.29) is 6.10 Å². The fourth-order valence-corrected chi connectivity index (χ4v) is 6.10. The van der Waals surface area contributed by atoms with E-state index in [9.17, 15) is 0 Å². The molecule has 3 heteroatoms. The molecule has 4 atom stereocenters. The van der Waals surface area contributed by atoms with Gasteiger partial charge in [-0.2, -0.15) is 0 Å². The second kappa shape index (κ2) is 9.21. The summed E-state index contributed by atoms with van der Waals surface area (Å²) in [6.07, 6.45) is 6.74. The Morgan fingerprint density at radius 1 is 0.833 bits per heavy atom. The van der Waals surface area contributed by atoms with Crippen LogP contribution in [0.5, 0.6) is 0 Å². The molecular weight excluding hydrogens is 368 g/mol. The van der Waals surface area contributed by atoms with Crippen molar-refractivity contribution in [1.29, 1.82) is 0 Å². The molecule has 1 saturated carbocycles. The highest BCUT2D eigenvalue weighted by molar-refractivity contribution is 5.19. The van der Waals surface area contributed by atoms with Gasteiger partial charge in [0.1, 0.15) is 0 Å². The third kappa shape index (κ3) is 4.49. The van der Waals surface area contributed by atoms with Gasteiger partial charge in [-0.25, -0.2) is 0 Å². The molecule has 5 rings (SSSR count). The van der Waals surface area contributed by atoms with Crippen LogP contribution in [-0.4, -0.2) is 48.6 Å². The smallest absolute Gasteiger partial charge is 0.0827 e. The van der Waals surface area contributed by atoms with E-state index in [1.165, 1.54) is 56.3 Å². The number of hydrogen-bond acceptors (Lipinski definition) is 3. The van der Waals surface area contributed by atoms with Gasteiger partial charge >= 0.3 is 0 Å². The Bertz CT molecular complexity index is 787. The molecule has 2 aromatic carbocycles. The van der Waals surface area contributed by atoms with E-state index in [4.69, 9.17) is 4.74 Å². The SMILES string of the molecule is CN1CCC(N(Cc2ccccc2)[C@@H]2C[C@@H]3CO[C@H](c4ccccc4)C[C@@H]3C2)CC1. The summed E-state index contributed by atoms with van der Waals surface area (Å²) in [5.41, 5.74) is 2.82. The molecule has 2 aliphatic heterocycles. The molecule has 0 aromatic heterocycles. The van der Waals surface area contributed by atoms with Gasteiger partial charge < -0.3 is 9.64 Å². The number of benzene rings is 2. The number of hydrogen-bond donors (Lipinski definition) is 0. The molecule has 1 aliphatic carbocycles. The van der Waals surface area contributed by atoms with Gasteiger partial charge in [-0.3, -0.25) is 4.90 Å². The van der Waals surface area contributed by atoms with Crippen molar-refractivity contribution in [3.63, 3.8) is 0 Å². The zero-order valence-electron chi connectivity index (χ0n) is 18.3. The second-order valence-electron chi connectivity index (χ2n) is 9.81. The van der Waals surface area contributed by atoms with Gasteiger partial charge in [-0.05, 0) is 75.2 Å². The molecular formula is C27H36N2O. The minimum absolute atomic E-state index is 0.289. The third-order valence-electron chi connectivity index (χ3n) is 7.85. The molecule has 0 spiro atoms. The quantitative estimate of drug-likeness (QED) is 0.686. The van der Waals surface area contributed by atoms with Crippen molar-refractivity contribution in [2.45, 2.75) is 56.8 Å². The van der Waals surface area contributed by atoms with Gasteiger partial charge in [0.05, 0.1) is 12.7 Å². The highest BCUT2D eigenvalue weighted by Gasteiger charge is 2.43. The molecule has 0 radical (unpaired) electrons. The molecule has 2 saturated heterocycles. The van der Waals surface area contributed by atoms with Crippen LogP contribution in [-0.2, 0) is 11.3 Å². The molecule has 30 heavy (non-hydrogen) atoms. The van der Waals surface area contributed by atoms with Gasteiger partial charge in [-0.15, -0.1) is 0 Å². The fourth-order valence-electron chi connectivity index (χ4n) is 6.10. The highest BCUT2D eigenvalue weighted by atomic mass is 16.5. The molecule has 0 amide bonds. The number of piperidine rings is 1. The van der Waals surface area contributed by atoms with Gasteiger partial charge in [0.2, 0.25) is 0 Å². The molecule has 0 unspecified atom stereocenters. The summed E-state index contributed by atoms with van der Waals surface area (Å²) in [6, 6.07) is 23.4. The molecule has 3 fully saturated rings. The molecule has 0 N–H and O–H groups in total. The molecule has 3 aliphatic rings. The van der Waals surface area contributed by atoms with Crippen LogP contribution in [0.4, 0.5) is 0 Å². The Kier molecular flexibility index (Phi) is 6.22. The fraction of sp³-hybridized carbons (Fsp3) is 0.556. The van der Waals surface area contributed by atoms with Gasteiger partial charge in [0, 0.05) is 18.6 Å². The predicted molar refractivity (Wildman–Crippen MR) is 122 cm³/mol. The molecule has 3 nitrogen and oxygen atoms in total. The number of nitrogens with zero attached hydrogens (tertiary/aromatic N) is 2. The first-order valence-electron chi connectivity index (χ1n) is 11.9. The summed E-state index contributed by atoms with van der Waals surface area (Å²) in [6.45, 7) is 4.50. The Hall–Kier alpha value is -1.68. The van der Waals surface area contributed by atoms with E-state index >= 15 is 0 Å². The maximum atomic E-state index is 6.36. The first-order chi connectivity index (χ1) is 14.8. The van der Waals surface area contributed by atoms with Crippen LogP contribution >= 0.6 is 0 Å². The minimum atomic E-state index is 0.289. The maximum absolute atomic E-state index is 6.36. The summed E-state index contributed by atoms with van der Waals surface area (Å²) in [4.78, 5) is 5.38. The Morgan fingerprint density at radius 2 is 1.50 bits per heavy atom. The van der Waals surface area contributed by atoms with Crippen LogP contribution in [0.1, 0.15) is 49.3 Å². The van der Waals surface area contributed by atoms with E-state index in [0.717, 1.165) is 31.0 Å². The average Bonchev–Trinajstić information content (AvgIpc) is 3.22. The van der Waals surface area contributed by atoms with Crippen LogP contribution in [0, 0.1) is 11.8 Å². The normalized spacial score (nSPS) is 30.5. The molecule has 2 aromatic rings. The van der Waals surface area contributed by atoms with Crippen molar-refractivity contribution in [1.82, 2.24) is 9.80 Å². The standard InChI is InChI=1S/C27H36N2O/c1-28-14-12-25(13-15-28)29(19-21-8-4-2-5-9-21)26-16-23-18-27(30-20-24(23)17-26)22-10-6-3-7-11-22/h2-11,23-27H,12-20H2,1H3/t23-,24+,26-,27-/m0/s1. The van der Waals surface area contributed by atoms with Crippen molar-refractivity contribution in [3.8, 4) is 0 Å². The van der Waals surface area contributed by atoms with Crippen molar-refractivity contribution in [2.24, 2.45) is 11.8 Å². The lowest BCUT2D eigenvalue weighted by atomic mass is 9.86. The van der Waals surface area contributed by atoms with Crippen molar-refractivity contribution in [2.75, 3.05) is 26.7 Å². The summed E-state index contributed by atoms with van der Waals surface area (Å²) in [5.74, 6) is 1.54. The zero-order chi connectivity index (χ0) is 20.3. The highest BCUT2D eigenvalue weighted by Crippen LogP contribution is 2.46. The minimum Gasteiger partial charge on any atom is -0.373 e. The topological polar surface area (TPSA) is 15.7 Å². The van der Waals surface area contributed by atoms with E-state index in [1.807, 2.05) is 0 Å². The van der Waals surface area contributed by atoms with Gasteiger partial charge in [0.15, 0.2) is 0 Å².